The van der Waals surface area contributed by atoms with Crippen LogP contribution in [0.3, 0.4) is 0 Å². The molecule has 5 heteroatoms. The summed E-state index contributed by atoms with van der Waals surface area (Å²) < 4.78 is 1.25. The number of carbonyl (C=O) groups excluding carboxylic acids is 1. The highest BCUT2D eigenvalue weighted by Gasteiger charge is 2.23. The summed E-state index contributed by atoms with van der Waals surface area (Å²) in [7, 11) is 0. The molecule has 3 aromatic rings. The van der Waals surface area contributed by atoms with E-state index in [2.05, 4.69) is 42.2 Å². The zero-order valence-electron chi connectivity index (χ0n) is 15.7. The number of amides is 1. The fourth-order valence-electron chi connectivity index (χ4n) is 3.62. The van der Waals surface area contributed by atoms with Gasteiger partial charge in [0.05, 0.1) is 16.8 Å². The lowest BCUT2D eigenvalue weighted by Crippen LogP contribution is -2.48. The summed E-state index contributed by atoms with van der Waals surface area (Å²) in [6, 6.07) is 18.6. The summed E-state index contributed by atoms with van der Waals surface area (Å²) in [4.78, 5) is 21.8. The van der Waals surface area contributed by atoms with E-state index < -0.39 is 0 Å². The van der Waals surface area contributed by atoms with Gasteiger partial charge in [-0.05, 0) is 23.6 Å². The molecule has 4 rings (SSSR count). The molecule has 1 amide bonds. The molecule has 0 N–H and O–H groups in total. The molecule has 0 saturated carbocycles. The predicted molar refractivity (Wildman–Crippen MR) is 111 cm³/mol. The van der Waals surface area contributed by atoms with E-state index in [0.717, 1.165) is 43.2 Å². The molecule has 1 saturated heterocycles. The van der Waals surface area contributed by atoms with Gasteiger partial charge in [0.1, 0.15) is 5.01 Å². The first-order chi connectivity index (χ1) is 13.2. The SMILES string of the molecule is CC(CC(=O)N1CCN(Cc2nc3ccccc3s2)CC1)c1ccccc1. The second-order valence-electron chi connectivity index (χ2n) is 7.25. The topological polar surface area (TPSA) is 36.4 Å². The Kier molecular flexibility index (Phi) is 5.50. The number of thiazole rings is 1. The van der Waals surface area contributed by atoms with Crippen molar-refractivity contribution in [3.05, 3.63) is 65.2 Å². The molecule has 1 fully saturated rings. The summed E-state index contributed by atoms with van der Waals surface area (Å²) in [5, 5.41) is 1.16. The van der Waals surface area contributed by atoms with E-state index >= 15 is 0 Å². The molecule has 1 unspecified atom stereocenters. The Balaban J connectivity index is 1.28. The van der Waals surface area contributed by atoms with Gasteiger partial charge in [0.15, 0.2) is 0 Å². The Morgan fingerprint density at radius 3 is 2.48 bits per heavy atom. The lowest BCUT2D eigenvalue weighted by molar-refractivity contribution is -0.133. The highest BCUT2D eigenvalue weighted by molar-refractivity contribution is 7.18. The minimum atomic E-state index is 0.263. The van der Waals surface area contributed by atoms with Crippen molar-refractivity contribution in [1.29, 1.82) is 0 Å². The van der Waals surface area contributed by atoms with Gasteiger partial charge in [-0.1, -0.05) is 49.4 Å². The van der Waals surface area contributed by atoms with Gasteiger partial charge >= 0.3 is 0 Å². The predicted octanol–water partition coefficient (Wildman–Crippen LogP) is 4.13. The van der Waals surface area contributed by atoms with E-state index in [1.807, 2.05) is 29.2 Å². The van der Waals surface area contributed by atoms with Crippen LogP contribution in [0.25, 0.3) is 10.2 Å². The smallest absolute Gasteiger partial charge is 0.223 e. The molecular weight excluding hydrogens is 354 g/mol. The molecule has 1 aromatic heterocycles. The minimum Gasteiger partial charge on any atom is -0.340 e. The number of hydrogen-bond acceptors (Lipinski definition) is 4. The highest BCUT2D eigenvalue weighted by atomic mass is 32.1. The fraction of sp³-hybridized carbons (Fsp3) is 0.364. The van der Waals surface area contributed by atoms with Gasteiger partial charge in [0, 0.05) is 32.6 Å². The average molecular weight is 380 g/mol. The van der Waals surface area contributed by atoms with Gasteiger partial charge in [0.2, 0.25) is 5.91 Å². The maximum absolute atomic E-state index is 12.7. The molecule has 1 atom stereocenters. The van der Waals surface area contributed by atoms with Crippen molar-refractivity contribution >= 4 is 27.5 Å². The number of aromatic nitrogens is 1. The van der Waals surface area contributed by atoms with Crippen molar-refractivity contribution in [3.8, 4) is 0 Å². The summed E-state index contributed by atoms with van der Waals surface area (Å²) in [6.45, 7) is 6.47. The zero-order chi connectivity index (χ0) is 18.6. The van der Waals surface area contributed by atoms with Crippen LogP contribution >= 0.6 is 11.3 Å². The number of carbonyl (C=O) groups is 1. The number of para-hydroxylation sites is 1. The first kappa shape index (κ1) is 18.1. The van der Waals surface area contributed by atoms with Gasteiger partial charge in [-0.2, -0.15) is 0 Å². The van der Waals surface area contributed by atoms with E-state index in [1.165, 1.54) is 10.3 Å². The van der Waals surface area contributed by atoms with Crippen LogP contribution in [-0.4, -0.2) is 46.9 Å². The molecule has 4 nitrogen and oxygen atoms in total. The maximum atomic E-state index is 12.7. The third-order valence-electron chi connectivity index (χ3n) is 5.27. The second-order valence-corrected chi connectivity index (χ2v) is 8.36. The Bertz CT molecular complexity index is 867. The van der Waals surface area contributed by atoms with E-state index in [9.17, 15) is 4.79 Å². The fourth-order valence-corrected chi connectivity index (χ4v) is 4.63. The quantitative estimate of drug-likeness (QED) is 0.669. The van der Waals surface area contributed by atoms with Gasteiger partial charge in [-0.3, -0.25) is 9.69 Å². The van der Waals surface area contributed by atoms with Crippen molar-refractivity contribution in [2.24, 2.45) is 0 Å². The number of fused-ring (bicyclic) bond motifs is 1. The van der Waals surface area contributed by atoms with Gasteiger partial charge in [-0.25, -0.2) is 4.98 Å². The van der Waals surface area contributed by atoms with Gasteiger partial charge in [-0.15, -0.1) is 11.3 Å². The van der Waals surface area contributed by atoms with E-state index in [1.54, 1.807) is 11.3 Å². The van der Waals surface area contributed by atoms with E-state index in [0.29, 0.717) is 6.42 Å². The molecule has 1 aliphatic heterocycles. The van der Waals surface area contributed by atoms with Crippen molar-refractivity contribution in [2.75, 3.05) is 26.2 Å². The molecule has 0 aliphatic carbocycles. The van der Waals surface area contributed by atoms with Crippen LogP contribution < -0.4 is 0 Å². The summed E-state index contributed by atoms with van der Waals surface area (Å²) >= 11 is 1.77. The number of hydrogen-bond donors (Lipinski definition) is 0. The Morgan fingerprint density at radius 1 is 1.04 bits per heavy atom. The Labute approximate surface area is 164 Å². The zero-order valence-corrected chi connectivity index (χ0v) is 16.5. The molecule has 2 aromatic carbocycles. The first-order valence-electron chi connectivity index (χ1n) is 9.58. The molecule has 0 bridgehead atoms. The van der Waals surface area contributed by atoms with Gasteiger partial charge in [0.25, 0.3) is 0 Å². The third kappa shape index (κ3) is 4.37. The van der Waals surface area contributed by atoms with E-state index in [-0.39, 0.29) is 11.8 Å². The van der Waals surface area contributed by atoms with Crippen LogP contribution in [0.4, 0.5) is 0 Å². The molecule has 1 aliphatic rings. The lowest BCUT2D eigenvalue weighted by atomic mass is 9.97. The minimum absolute atomic E-state index is 0.263. The van der Waals surface area contributed by atoms with E-state index in [4.69, 9.17) is 4.98 Å². The van der Waals surface area contributed by atoms with Crippen molar-refractivity contribution in [2.45, 2.75) is 25.8 Å². The molecule has 0 radical (unpaired) electrons. The van der Waals surface area contributed by atoms with Crippen molar-refractivity contribution < 1.29 is 4.79 Å². The second kappa shape index (κ2) is 8.19. The largest absolute Gasteiger partial charge is 0.340 e. The van der Waals surface area contributed by atoms with Crippen molar-refractivity contribution in [3.63, 3.8) is 0 Å². The van der Waals surface area contributed by atoms with Crippen LogP contribution in [0.2, 0.25) is 0 Å². The Hall–Kier alpha value is -2.24. The monoisotopic (exact) mass is 379 g/mol. The van der Waals surface area contributed by atoms with Crippen LogP contribution in [0, 0.1) is 0 Å². The number of piperazine rings is 1. The third-order valence-corrected chi connectivity index (χ3v) is 6.29. The number of rotatable bonds is 5. The molecule has 0 spiro atoms. The van der Waals surface area contributed by atoms with Crippen LogP contribution in [-0.2, 0) is 11.3 Å². The first-order valence-corrected chi connectivity index (χ1v) is 10.4. The van der Waals surface area contributed by atoms with Crippen LogP contribution in [0.5, 0.6) is 0 Å². The maximum Gasteiger partial charge on any atom is 0.223 e. The van der Waals surface area contributed by atoms with Crippen LogP contribution in [0.1, 0.15) is 29.8 Å². The lowest BCUT2D eigenvalue weighted by Gasteiger charge is -2.34. The summed E-state index contributed by atoms with van der Waals surface area (Å²) in [5.74, 6) is 0.533. The summed E-state index contributed by atoms with van der Waals surface area (Å²) in [5.41, 5.74) is 2.32. The van der Waals surface area contributed by atoms with Crippen molar-refractivity contribution in [1.82, 2.24) is 14.8 Å². The number of nitrogens with zero attached hydrogens (tertiary/aromatic N) is 3. The highest BCUT2D eigenvalue weighted by Crippen LogP contribution is 2.24. The Morgan fingerprint density at radius 2 is 1.74 bits per heavy atom. The number of benzene rings is 2. The van der Waals surface area contributed by atoms with Crippen LogP contribution in [0.15, 0.2) is 54.6 Å². The van der Waals surface area contributed by atoms with Gasteiger partial charge < -0.3 is 4.90 Å². The molecule has 140 valence electrons. The summed E-state index contributed by atoms with van der Waals surface area (Å²) in [6.07, 6.45) is 0.585. The molecule has 2 heterocycles. The average Bonchev–Trinajstić information content (AvgIpc) is 3.11. The molecular formula is C22H25N3OS. The standard InChI is InChI=1S/C22H25N3OS/c1-17(18-7-3-2-4-8-18)15-22(26)25-13-11-24(12-14-25)16-21-23-19-9-5-6-10-20(19)27-21/h2-10,17H,11-16H2,1H3. The normalized spacial score (nSPS) is 16.6. The molecule has 27 heavy (non-hydrogen) atoms.